The third-order valence-electron chi connectivity index (χ3n) is 4.50. The van der Waals surface area contributed by atoms with Crippen molar-refractivity contribution in [3.05, 3.63) is 84.3 Å². The van der Waals surface area contributed by atoms with Crippen molar-refractivity contribution in [1.82, 2.24) is 5.32 Å². The van der Waals surface area contributed by atoms with Crippen LogP contribution in [0.1, 0.15) is 21.5 Å². The molecule has 3 aromatic carbocycles. The summed E-state index contributed by atoms with van der Waals surface area (Å²) in [6, 6.07) is 7.96. The van der Waals surface area contributed by atoms with Crippen molar-refractivity contribution in [3.63, 3.8) is 0 Å². The van der Waals surface area contributed by atoms with E-state index in [2.05, 4.69) is 26.6 Å². The molecule has 0 spiro atoms. The largest absolute Gasteiger partial charge is 0.454 e. The van der Waals surface area contributed by atoms with E-state index in [4.69, 9.17) is 51.8 Å². The number of anilines is 1. The number of carbonyl (C=O) groups is 1. The van der Waals surface area contributed by atoms with Crippen LogP contribution in [0, 0.1) is 25.5 Å². The fourth-order valence-corrected chi connectivity index (χ4v) is 4.16. The molecule has 0 atom stereocenters. The normalized spacial score (nSPS) is 10.7. The highest BCUT2D eigenvalue weighted by molar-refractivity contribution is 9.10. The fraction of sp³-hybridized carbons (Fsp3) is 0.0909. The maximum atomic E-state index is 13.8. The third kappa shape index (κ3) is 5.75. The molecule has 0 bridgehead atoms. The summed E-state index contributed by atoms with van der Waals surface area (Å²) in [6.45, 7) is 3.45. The van der Waals surface area contributed by atoms with Gasteiger partial charge >= 0.3 is 0 Å². The van der Waals surface area contributed by atoms with Crippen molar-refractivity contribution in [2.24, 2.45) is 0 Å². The molecule has 4 nitrogen and oxygen atoms in total. The molecule has 2 N–H and O–H groups in total. The zero-order valence-corrected chi connectivity index (χ0v) is 21.6. The molecule has 0 fully saturated rings. The summed E-state index contributed by atoms with van der Waals surface area (Å²) in [7, 11) is 0. The van der Waals surface area contributed by atoms with Crippen LogP contribution in [0.3, 0.4) is 0 Å². The Hall–Kier alpha value is -1.97. The summed E-state index contributed by atoms with van der Waals surface area (Å²) >= 11 is 27.3. The molecule has 0 aliphatic carbocycles. The summed E-state index contributed by atoms with van der Waals surface area (Å²) in [6.07, 6.45) is 0. The zero-order chi connectivity index (χ0) is 24.4. The number of thiocarbonyl (C=S) groups is 1. The van der Waals surface area contributed by atoms with Crippen molar-refractivity contribution in [2.75, 3.05) is 5.32 Å². The number of aryl methyl sites for hydroxylation is 1. The van der Waals surface area contributed by atoms with Gasteiger partial charge in [-0.1, -0.05) is 40.9 Å². The average molecular weight is 595 g/mol. The smallest absolute Gasteiger partial charge is 0.263 e. The van der Waals surface area contributed by atoms with Gasteiger partial charge < -0.3 is 10.1 Å². The molecule has 0 unspecified atom stereocenters. The minimum atomic E-state index is -1.02. The molecule has 1 amide bonds. The van der Waals surface area contributed by atoms with Gasteiger partial charge in [0.05, 0.1) is 15.1 Å². The van der Waals surface area contributed by atoms with Crippen LogP contribution >= 0.6 is 63.0 Å². The first kappa shape index (κ1) is 25.6. The van der Waals surface area contributed by atoms with Crippen molar-refractivity contribution in [1.29, 1.82) is 0 Å². The Bertz CT molecular complexity index is 1270. The van der Waals surface area contributed by atoms with Gasteiger partial charge in [-0.3, -0.25) is 10.1 Å². The van der Waals surface area contributed by atoms with Crippen LogP contribution in [0.5, 0.6) is 11.5 Å². The second-order valence-electron chi connectivity index (χ2n) is 6.81. The maximum Gasteiger partial charge on any atom is 0.263 e. The van der Waals surface area contributed by atoms with E-state index >= 15 is 0 Å². The summed E-state index contributed by atoms with van der Waals surface area (Å²) < 4.78 is 34.2. The minimum Gasteiger partial charge on any atom is -0.454 e. The van der Waals surface area contributed by atoms with Crippen molar-refractivity contribution >= 4 is 79.7 Å². The van der Waals surface area contributed by atoms with Crippen LogP contribution in [0.2, 0.25) is 15.1 Å². The van der Waals surface area contributed by atoms with Gasteiger partial charge in [-0.25, -0.2) is 8.78 Å². The lowest BCUT2D eigenvalue weighted by atomic mass is 10.1. The topological polar surface area (TPSA) is 50.4 Å². The van der Waals surface area contributed by atoms with Gasteiger partial charge in [0.2, 0.25) is 0 Å². The van der Waals surface area contributed by atoms with E-state index in [1.54, 1.807) is 32.0 Å². The number of ether oxygens (including phenoxy) is 1. The lowest BCUT2D eigenvalue weighted by Crippen LogP contribution is -2.35. The summed E-state index contributed by atoms with van der Waals surface area (Å²) in [5.41, 5.74) is 0.896. The Morgan fingerprint density at radius 1 is 1.06 bits per heavy atom. The van der Waals surface area contributed by atoms with Crippen LogP contribution in [0.25, 0.3) is 0 Å². The van der Waals surface area contributed by atoms with Crippen LogP contribution in [0.4, 0.5) is 14.5 Å². The number of carbonyl (C=O) groups excluding carboxylic acids is 1. The maximum absolute atomic E-state index is 13.8. The summed E-state index contributed by atoms with van der Waals surface area (Å²) in [5.74, 6) is -2.37. The summed E-state index contributed by atoms with van der Waals surface area (Å²) in [5, 5.41) is 5.90. The molecule has 0 aromatic heterocycles. The van der Waals surface area contributed by atoms with E-state index in [0.717, 1.165) is 18.2 Å². The lowest BCUT2D eigenvalue weighted by Gasteiger charge is -2.18. The van der Waals surface area contributed by atoms with Crippen molar-refractivity contribution in [3.8, 4) is 11.5 Å². The van der Waals surface area contributed by atoms with E-state index in [-0.39, 0.29) is 10.1 Å². The van der Waals surface area contributed by atoms with E-state index < -0.39 is 23.1 Å². The molecule has 0 heterocycles. The number of hydrogen-bond acceptors (Lipinski definition) is 3. The van der Waals surface area contributed by atoms with Crippen LogP contribution in [0.15, 0.2) is 40.9 Å². The Morgan fingerprint density at radius 3 is 2.33 bits per heavy atom. The molecule has 172 valence electrons. The predicted molar refractivity (Wildman–Crippen MR) is 135 cm³/mol. The highest BCUT2D eigenvalue weighted by Crippen LogP contribution is 2.42. The lowest BCUT2D eigenvalue weighted by molar-refractivity contribution is 0.0969. The molecule has 0 saturated heterocycles. The Morgan fingerprint density at radius 2 is 1.70 bits per heavy atom. The van der Waals surface area contributed by atoms with Gasteiger partial charge in [0, 0.05) is 16.2 Å². The number of nitrogens with one attached hydrogen (secondary N) is 2. The third-order valence-corrected chi connectivity index (χ3v) is 6.66. The number of hydrogen-bond donors (Lipinski definition) is 2. The molecule has 0 aliphatic rings. The predicted octanol–water partition coefficient (Wildman–Crippen LogP) is 8.22. The van der Waals surface area contributed by atoms with Gasteiger partial charge in [0.25, 0.3) is 5.91 Å². The monoisotopic (exact) mass is 592 g/mol. The molecule has 11 heteroatoms. The first-order valence-electron chi connectivity index (χ1n) is 9.18. The van der Waals surface area contributed by atoms with Crippen LogP contribution in [-0.4, -0.2) is 11.0 Å². The van der Waals surface area contributed by atoms with Gasteiger partial charge in [0.1, 0.15) is 28.7 Å². The van der Waals surface area contributed by atoms with Crippen molar-refractivity contribution in [2.45, 2.75) is 13.8 Å². The SMILES string of the molecule is Cc1cc(NC(=S)NC(=O)c2c(F)cccc2F)c(C)c(Cl)c1Oc1cc(Cl)c(Br)cc1Cl. The number of rotatable bonds is 4. The highest BCUT2D eigenvalue weighted by Gasteiger charge is 2.20. The molecule has 0 radical (unpaired) electrons. The van der Waals surface area contributed by atoms with Gasteiger partial charge in [-0.2, -0.15) is 0 Å². The molecule has 3 rings (SSSR count). The summed E-state index contributed by atoms with van der Waals surface area (Å²) in [4.78, 5) is 12.3. The van der Waals surface area contributed by atoms with E-state index in [1.165, 1.54) is 0 Å². The average Bonchev–Trinajstić information content (AvgIpc) is 2.72. The van der Waals surface area contributed by atoms with Gasteiger partial charge in [-0.15, -0.1) is 0 Å². The second kappa shape index (κ2) is 10.5. The van der Waals surface area contributed by atoms with Gasteiger partial charge in [-0.05, 0) is 77.4 Å². The van der Waals surface area contributed by atoms with Gasteiger partial charge in [0.15, 0.2) is 5.11 Å². The number of amides is 1. The zero-order valence-electron chi connectivity index (χ0n) is 17.0. The Balaban J connectivity index is 1.82. The molecule has 33 heavy (non-hydrogen) atoms. The highest BCUT2D eigenvalue weighted by atomic mass is 79.9. The first-order valence-corrected chi connectivity index (χ1v) is 11.5. The molecule has 3 aromatic rings. The fourth-order valence-electron chi connectivity index (χ4n) is 2.83. The Labute approximate surface area is 217 Å². The standard InChI is InChI=1S/C22H14BrCl3F2N2O2S/c1-9-6-16(29-22(33)30-21(31)18-14(27)4-3-5-15(18)28)10(2)19(26)20(9)32-17-8-12(24)11(23)7-13(17)25/h3-8H,1-2H3,(H2,29,30,31,33). The first-order chi connectivity index (χ1) is 15.5. The van der Waals surface area contributed by atoms with E-state index in [9.17, 15) is 13.6 Å². The molecule has 0 saturated carbocycles. The second-order valence-corrected chi connectivity index (χ2v) is 9.27. The van der Waals surface area contributed by atoms with E-state index in [0.29, 0.717) is 42.8 Å². The minimum absolute atomic E-state index is 0.169. The Kier molecular flexibility index (Phi) is 8.18. The molecule has 0 aliphatic heterocycles. The number of halogens is 6. The van der Waals surface area contributed by atoms with Crippen LogP contribution in [-0.2, 0) is 0 Å². The van der Waals surface area contributed by atoms with Crippen LogP contribution < -0.4 is 15.4 Å². The molecular formula is C22H14BrCl3F2N2O2S. The molecular weight excluding hydrogens is 581 g/mol. The number of benzene rings is 3. The van der Waals surface area contributed by atoms with Crippen molar-refractivity contribution < 1.29 is 18.3 Å². The quantitative estimate of drug-likeness (QED) is 0.236. The van der Waals surface area contributed by atoms with E-state index in [1.807, 2.05) is 0 Å².